The number of imidazole rings is 1. The number of halogens is 1. The van der Waals surface area contributed by atoms with E-state index in [2.05, 4.69) is 20.9 Å². The Balaban J connectivity index is 2.02. The van der Waals surface area contributed by atoms with Crippen LogP contribution in [0.2, 0.25) is 0 Å². The van der Waals surface area contributed by atoms with Gasteiger partial charge in [0, 0.05) is 13.2 Å². The minimum absolute atomic E-state index is 0.540. The Kier molecular flexibility index (Phi) is 3.06. The Hall–Kier alpha value is -1.29. The zero-order chi connectivity index (χ0) is 10.7. The lowest BCUT2D eigenvalue weighted by atomic mass is 10.2. The third-order valence-electron chi connectivity index (χ3n) is 2.02. The van der Waals surface area contributed by atoms with Crippen molar-refractivity contribution in [2.45, 2.75) is 6.61 Å². The number of benzene rings is 1. The molecule has 1 heterocycles. The van der Waals surface area contributed by atoms with Gasteiger partial charge < -0.3 is 9.30 Å². The number of hydrogen-bond donors (Lipinski definition) is 0. The Bertz CT molecular complexity index is 439. The van der Waals surface area contributed by atoms with Crippen molar-refractivity contribution in [1.29, 1.82) is 0 Å². The average Bonchev–Trinajstić information content (AvgIpc) is 2.56. The maximum atomic E-state index is 5.57. The Morgan fingerprint density at radius 1 is 1.33 bits per heavy atom. The van der Waals surface area contributed by atoms with E-state index in [4.69, 9.17) is 4.74 Å². The molecule has 0 aliphatic carbocycles. The molecule has 0 aliphatic heterocycles. The van der Waals surface area contributed by atoms with Crippen LogP contribution in [0.4, 0.5) is 0 Å². The molecule has 1 aromatic heterocycles. The fraction of sp³-hybridized carbons (Fsp3) is 0.182. The Labute approximate surface area is 96.8 Å². The summed E-state index contributed by atoms with van der Waals surface area (Å²) in [5.74, 6) is 0. The van der Waals surface area contributed by atoms with Crippen molar-refractivity contribution in [2.24, 2.45) is 7.05 Å². The van der Waals surface area contributed by atoms with E-state index in [-0.39, 0.29) is 0 Å². The van der Waals surface area contributed by atoms with E-state index in [1.165, 1.54) is 0 Å². The first-order valence-electron chi connectivity index (χ1n) is 4.61. The van der Waals surface area contributed by atoms with Gasteiger partial charge in [0.15, 0.2) is 0 Å². The molecule has 1 aromatic carbocycles. The number of nitrogens with zero attached hydrogens (tertiary/aromatic N) is 2. The van der Waals surface area contributed by atoms with E-state index in [1.807, 2.05) is 48.1 Å². The summed E-state index contributed by atoms with van der Waals surface area (Å²) in [4.78, 5) is 4.18. The fourth-order valence-electron chi connectivity index (χ4n) is 1.27. The highest BCUT2D eigenvalue weighted by atomic mass is 79.9. The summed E-state index contributed by atoms with van der Waals surface area (Å²) in [6.07, 6.45) is 1.86. The predicted molar refractivity (Wildman–Crippen MR) is 61.7 cm³/mol. The summed E-state index contributed by atoms with van der Waals surface area (Å²) in [5.41, 5.74) is 1.14. The summed E-state index contributed by atoms with van der Waals surface area (Å²) >= 11 is 3.30. The molecule has 0 spiro atoms. The number of hydrogen-bond acceptors (Lipinski definition) is 2. The number of aromatic nitrogens is 2. The second-order valence-corrected chi connectivity index (χ2v) is 4.04. The van der Waals surface area contributed by atoms with E-state index in [0.717, 1.165) is 10.2 Å². The fourth-order valence-corrected chi connectivity index (χ4v) is 1.73. The first-order valence-corrected chi connectivity index (χ1v) is 5.40. The van der Waals surface area contributed by atoms with Gasteiger partial charge in [-0.15, -0.1) is 0 Å². The highest BCUT2D eigenvalue weighted by Crippen LogP contribution is 2.15. The maximum absolute atomic E-state index is 5.57. The van der Waals surface area contributed by atoms with E-state index in [0.29, 0.717) is 12.6 Å². The molecule has 0 fully saturated rings. The van der Waals surface area contributed by atoms with Gasteiger partial charge in [-0.3, -0.25) is 0 Å². The van der Waals surface area contributed by atoms with Gasteiger partial charge in [-0.05, 0) is 21.5 Å². The lowest BCUT2D eigenvalue weighted by molar-refractivity contribution is 0.271. The van der Waals surface area contributed by atoms with Crippen LogP contribution in [-0.2, 0) is 13.7 Å². The Morgan fingerprint density at radius 2 is 2.07 bits per heavy atom. The molecular weight excluding hydrogens is 256 g/mol. The Morgan fingerprint density at radius 3 is 2.67 bits per heavy atom. The van der Waals surface area contributed by atoms with Gasteiger partial charge in [-0.2, -0.15) is 4.98 Å². The van der Waals surface area contributed by atoms with Crippen molar-refractivity contribution in [3.05, 3.63) is 46.7 Å². The van der Waals surface area contributed by atoms with Gasteiger partial charge in [-0.1, -0.05) is 30.3 Å². The second kappa shape index (κ2) is 4.49. The van der Waals surface area contributed by atoms with Crippen molar-refractivity contribution >= 4 is 15.9 Å². The van der Waals surface area contributed by atoms with E-state index >= 15 is 0 Å². The molecule has 4 heteroatoms. The van der Waals surface area contributed by atoms with Crippen LogP contribution in [0.15, 0.2) is 41.1 Å². The summed E-state index contributed by atoms with van der Waals surface area (Å²) < 4.78 is 8.19. The van der Waals surface area contributed by atoms with Gasteiger partial charge in [0.2, 0.25) is 0 Å². The second-order valence-electron chi connectivity index (χ2n) is 3.23. The molecule has 0 unspecified atom stereocenters. The van der Waals surface area contributed by atoms with Crippen LogP contribution in [0.25, 0.3) is 0 Å². The van der Waals surface area contributed by atoms with Gasteiger partial charge in [-0.25, -0.2) is 0 Å². The normalized spacial score (nSPS) is 10.3. The summed E-state index contributed by atoms with van der Waals surface area (Å²) in [6.45, 7) is 0.540. The molecule has 2 aromatic rings. The zero-order valence-electron chi connectivity index (χ0n) is 8.35. The molecule has 15 heavy (non-hydrogen) atoms. The van der Waals surface area contributed by atoms with Crippen LogP contribution in [0.1, 0.15) is 5.56 Å². The maximum Gasteiger partial charge on any atom is 0.297 e. The molecule has 0 bridgehead atoms. The van der Waals surface area contributed by atoms with Crippen LogP contribution in [0.3, 0.4) is 0 Å². The molecule has 0 amide bonds. The van der Waals surface area contributed by atoms with E-state index < -0.39 is 0 Å². The van der Waals surface area contributed by atoms with Crippen LogP contribution >= 0.6 is 15.9 Å². The molecule has 0 atom stereocenters. The quantitative estimate of drug-likeness (QED) is 0.855. The largest absolute Gasteiger partial charge is 0.460 e. The molecule has 2 rings (SSSR count). The zero-order valence-corrected chi connectivity index (χ0v) is 9.94. The SMILES string of the molecule is Cn1cc(Br)nc1OCc1ccccc1. The third kappa shape index (κ3) is 2.59. The molecule has 0 saturated heterocycles. The summed E-state index contributed by atoms with van der Waals surface area (Å²) in [6, 6.07) is 10.6. The molecule has 3 nitrogen and oxygen atoms in total. The molecule has 0 aliphatic rings. The van der Waals surface area contributed by atoms with Crippen LogP contribution in [0.5, 0.6) is 6.01 Å². The van der Waals surface area contributed by atoms with E-state index in [1.54, 1.807) is 0 Å². The molecule has 0 saturated carbocycles. The first kappa shape index (κ1) is 10.2. The smallest absolute Gasteiger partial charge is 0.297 e. The predicted octanol–water partition coefficient (Wildman–Crippen LogP) is 2.76. The van der Waals surface area contributed by atoms with Crippen LogP contribution in [-0.4, -0.2) is 9.55 Å². The minimum Gasteiger partial charge on any atom is -0.460 e. The van der Waals surface area contributed by atoms with Crippen LogP contribution in [0, 0.1) is 0 Å². The highest BCUT2D eigenvalue weighted by molar-refractivity contribution is 9.10. The number of ether oxygens (including phenoxy) is 1. The van der Waals surface area contributed by atoms with Gasteiger partial charge >= 0.3 is 0 Å². The van der Waals surface area contributed by atoms with Crippen molar-refractivity contribution < 1.29 is 4.74 Å². The van der Waals surface area contributed by atoms with E-state index in [9.17, 15) is 0 Å². The van der Waals surface area contributed by atoms with Gasteiger partial charge in [0.1, 0.15) is 11.2 Å². The average molecular weight is 267 g/mol. The monoisotopic (exact) mass is 266 g/mol. The lowest BCUT2D eigenvalue weighted by Crippen LogP contribution is -2.00. The minimum atomic E-state index is 0.540. The molecule has 0 radical (unpaired) electrons. The molecule has 0 N–H and O–H groups in total. The molecular formula is C11H11BrN2O. The molecule has 78 valence electrons. The van der Waals surface area contributed by atoms with Crippen molar-refractivity contribution in [3.8, 4) is 6.01 Å². The van der Waals surface area contributed by atoms with Gasteiger partial charge in [0.05, 0.1) is 0 Å². The summed E-state index contributed by atoms with van der Waals surface area (Å²) in [7, 11) is 1.90. The van der Waals surface area contributed by atoms with Crippen LogP contribution < -0.4 is 4.74 Å². The van der Waals surface area contributed by atoms with Crippen molar-refractivity contribution in [2.75, 3.05) is 0 Å². The van der Waals surface area contributed by atoms with Gasteiger partial charge in [0.25, 0.3) is 6.01 Å². The lowest BCUT2D eigenvalue weighted by Gasteiger charge is -2.04. The standard InChI is InChI=1S/C11H11BrN2O/c1-14-7-10(12)13-11(14)15-8-9-5-3-2-4-6-9/h2-7H,8H2,1H3. The number of aryl methyl sites for hydroxylation is 1. The van der Waals surface area contributed by atoms with Crippen molar-refractivity contribution in [3.63, 3.8) is 0 Å². The highest BCUT2D eigenvalue weighted by Gasteiger charge is 2.03. The topological polar surface area (TPSA) is 27.1 Å². The first-order chi connectivity index (χ1) is 7.25. The third-order valence-corrected chi connectivity index (χ3v) is 2.40. The van der Waals surface area contributed by atoms with Crippen molar-refractivity contribution in [1.82, 2.24) is 9.55 Å². The number of rotatable bonds is 3. The summed E-state index contributed by atoms with van der Waals surface area (Å²) in [5, 5.41) is 0.